The van der Waals surface area contributed by atoms with E-state index in [1.807, 2.05) is 4.90 Å². The highest BCUT2D eigenvalue weighted by atomic mass is 19.1. The number of nitrogens with one attached hydrogen (secondary N) is 2. The van der Waals surface area contributed by atoms with E-state index in [-0.39, 0.29) is 31.5 Å². The number of hydrazine groups is 1. The minimum atomic E-state index is -0.580. The van der Waals surface area contributed by atoms with Crippen molar-refractivity contribution in [3.63, 3.8) is 0 Å². The number of rotatable bonds is 6. The predicted molar refractivity (Wildman–Crippen MR) is 107 cm³/mol. The van der Waals surface area contributed by atoms with Crippen LogP contribution >= 0.6 is 0 Å². The molecule has 1 aromatic carbocycles. The van der Waals surface area contributed by atoms with E-state index in [4.69, 9.17) is 9.47 Å². The Morgan fingerprint density at radius 3 is 2.83 bits per heavy atom. The number of amides is 3. The minimum absolute atomic E-state index is 0.0229. The number of anilines is 2. The van der Waals surface area contributed by atoms with E-state index >= 15 is 0 Å². The van der Waals surface area contributed by atoms with Gasteiger partial charge >= 0.3 is 6.09 Å². The Bertz CT molecular complexity index is 808. The zero-order valence-electron chi connectivity index (χ0n) is 17.0. The summed E-state index contributed by atoms with van der Waals surface area (Å²) >= 11 is 0. The molecule has 2 heterocycles. The second kappa shape index (κ2) is 9.72. The Balaban J connectivity index is 1.65. The summed E-state index contributed by atoms with van der Waals surface area (Å²) in [6.07, 6.45) is -1.07. The van der Waals surface area contributed by atoms with Gasteiger partial charge in [-0.3, -0.25) is 19.5 Å². The van der Waals surface area contributed by atoms with E-state index in [1.54, 1.807) is 12.1 Å². The van der Waals surface area contributed by atoms with E-state index < -0.39 is 18.0 Å². The van der Waals surface area contributed by atoms with Gasteiger partial charge in [-0.15, -0.1) is 0 Å². The van der Waals surface area contributed by atoms with Crippen LogP contribution in [-0.2, 0) is 19.1 Å². The monoisotopic (exact) mass is 423 g/mol. The summed E-state index contributed by atoms with van der Waals surface area (Å²) in [6, 6.07) is 4.57. The summed E-state index contributed by atoms with van der Waals surface area (Å²) < 4.78 is 25.0. The highest BCUT2D eigenvalue weighted by Crippen LogP contribution is 2.28. The van der Waals surface area contributed by atoms with Crippen LogP contribution in [0.4, 0.5) is 20.6 Å². The van der Waals surface area contributed by atoms with E-state index in [9.17, 15) is 18.8 Å². The van der Waals surface area contributed by atoms with Gasteiger partial charge in [0.15, 0.2) is 0 Å². The Kier molecular flexibility index (Phi) is 7.06. The lowest BCUT2D eigenvalue weighted by molar-refractivity contribution is -0.138. The van der Waals surface area contributed by atoms with Gasteiger partial charge in [0, 0.05) is 33.7 Å². The Hall–Kier alpha value is -2.92. The van der Waals surface area contributed by atoms with E-state index in [0.29, 0.717) is 37.6 Å². The second-order valence-corrected chi connectivity index (χ2v) is 7.06. The minimum Gasteiger partial charge on any atom is -0.442 e. The molecule has 0 saturated carbocycles. The average molecular weight is 423 g/mol. The molecule has 0 aliphatic carbocycles. The average Bonchev–Trinajstić information content (AvgIpc) is 2.91. The van der Waals surface area contributed by atoms with Crippen LogP contribution in [0.1, 0.15) is 6.92 Å². The lowest BCUT2D eigenvalue weighted by Gasteiger charge is -2.24. The largest absolute Gasteiger partial charge is 0.442 e. The highest BCUT2D eigenvalue weighted by Gasteiger charge is 2.33. The Morgan fingerprint density at radius 1 is 1.33 bits per heavy atom. The Morgan fingerprint density at radius 2 is 2.13 bits per heavy atom. The van der Waals surface area contributed by atoms with Crippen LogP contribution in [0.15, 0.2) is 18.2 Å². The van der Waals surface area contributed by atoms with Gasteiger partial charge < -0.3 is 19.7 Å². The van der Waals surface area contributed by atoms with Crippen molar-refractivity contribution in [1.82, 2.24) is 15.8 Å². The maximum Gasteiger partial charge on any atom is 0.414 e. The molecule has 10 nitrogen and oxygen atoms in total. The molecule has 3 amide bonds. The third-order valence-corrected chi connectivity index (χ3v) is 4.88. The van der Waals surface area contributed by atoms with Gasteiger partial charge in [0.2, 0.25) is 5.91 Å². The van der Waals surface area contributed by atoms with Gasteiger partial charge in [0.05, 0.1) is 31.0 Å². The van der Waals surface area contributed by atoms with Crippen LogP contribution < -0.4 is 20.5 Å². The lowest BCUT2D eigenvalue weighted by Crippen LogP contribution is -2.45. The molecule has 1 aromatic rings. The molecule has 0 bridgehead atoms. The first-order chi connectivity index (χ1) is 14.4. The highest BCUT2D eigenvalue weighted by molar-refractivity contribution is 5.90. The van der Waals surface area contributed by atoms with E-state index in [2.05, 4.69) is 10.7 Å². The SMILES string of the molecule is COCC(=O)N1CCN(c2ccc(N3C[C@H](CNC(C)=O)OC3=O)cc2F)CCN1. The molecule has 2 aliphatic heterocycles. The number of carbonyl (C=O) groups excluding carboxylic acids is 3. The van der Waals surface area contributed by atoms with Crippen LogP contribution in [0.5, 0.6) is 0 Å². The Labute approximate surface area is 173 Å². The van der Waals surface area contributed by atoms with E-state index in [1.165, 1.54) is 30.0 Å². The molecule has 2 aliphatic rings. The maximum atomic E-state index is 14.9. The van der Waals surface area contributed by atoms with Gasteiger partial charge in [0.25, 0.3) is 5.91 Å². The van der Waals surface area contributed by atoms with Crippen molar-refractivity contribution in [2.75, 3.05) is 62.8 Å². The molecule has 1 atom stereocenters. The molecular formula is C19H26FN5O5. The summed E-state index contributed by atoms with van der Waals surface area (Å²) in [5.41, 5.74) is 3.79. The molecule has 0 aromatic heterocycles. The molecule has 0 unspecified atom stereocenters. The van der Waals surface area contributed by atoms with Crippen LogP contribution in [-0.4, -0.2) is 82.0 Å². The molecule has 30 heavy (non-hydrogen) atoms. The quantitative estimate of drug-likeness (QED) is 0.668. The van der Waals surface area contributed by atoms with Crippen LogP contribution in [0.3, 0.4) is 0 Å². The fraction of sp³-hybridized carbons (Fsp3) is 0.526. The number of hydrogen-bond acceptors (Lipinski definition) is 7. The van der Waals surface area contributed by atoms with Crippen molar-refractivity contribution in [3.05, 3.63) is 24.0 Å². The van der Waals surface area contributed by atoms with Gasteiger partial charge in [-0.25, -0.2) is 14.6 Å². The fourth-order valence-electron chi connectivity index (χ4n) is 3.40. The van der Waals surface area contributed by atoms with Gasteiger partial charge in [-0.2, -0.15) is 0 Å². The summed E-state index contributed by atoms with van der Waals surface area (Å²) in [4.78, 5) is 38.3. The molecule has 2 saturated heterocycles. The van der Waals surface area contributed by atoms with Crippen LogP contribution in [0.25, 0.3) is 0 Å². The number of cyclic esters (lactones) is 1. The normalized spacial score (nSPS) is 19.5. The maximum absolute atomic E-state index is 14.9. The molecular weight excluding hydrogens is 397 g/mol. The standard InChI is InChI=1S/C19H26FN5O5/c1-13(26)21-10-15-11-24(19(28)30-15)14-3-4-17(16(20)9-14)23-6-5-22-25(8-7-23)18(27)12-29-2/h3-4,9,15,22H,5-8,10-12H2,1-2H3,(H,21,26)/t15-/m0/s1. The zero-order valence-corrected chi connectivity index (χ0v) is 17.0. The van der Waals surface area contributed by atoms with Crippen LogP contribution in [0.2, 0.25) is 0 Å². The van der Waals surface area contributed by atoms with Gasteiger partial charge in [-0.05, 0) is 18.2 Å². The number of halogens is 1. The number of methoxy groups -OCH3 is 1. The number of ether oxygens (including phenoxy) is 2. The molecule has 0 radical (unpaired) electrons. The predicted octanol–water partition coefficient (Wildman–Crippen LogP) is 0.0866. The molecule has 11 heteroatoms. The smallest absolute Gasteiger partial charge is 0.414 e. The topological polar surface area (TPSA) is 103 Å². The first kappa shape index (κ1) is 21.8. The fourth-order valence-corrected chi connectivity index (χ4v) is 3.40. The third-order valence-electron chi connectivity index (χ3n) is 4.88. The summed E-state index contributed by atoms with van der Waals surface area (Å²) in [6.45, 7) is 3.60. The van der Waals surface area contributed by atoms with Crippen molar-refractivity contribution in [2.24, 2.45) is 0 Å². The zero-order chi connectivity index (χ0) is 21.7. The van der Waals surface area contributed by atoms with Crippen molar-refractivity contribution in [1.29, 1.82) is 0 Å². The number of hydrogen-bond donors (Lipinski definition) is 2. The first-order valence-corrected chi connectivity index (χ1v) is 9.69. The van der Waals surface area contributed by atoms with E-state index in [0.717, 1.165) is 0 Å². The van der Waals surface area contributed by atoms with Gasteiger partial charge in [0.1, 0.15) is 18.5 Å². The summed E-state index contributed by atoms with van der Waals surface area (Å²) in [5, 5.41) is 4.08. The van der Waals surface area contributed by atoms with Crippen molar-refractivity contribution < 1.29 is 28.2 Å². The third kappa shape index (κ3) is 5.16. The van der Waals surface area contributed by atoms with Crippen LogP contribution in [0, 0.1) is 5.82 Å². The lowest BCUT2D eigenvalue weighted by atomic mass is 10.2. The molecule has 2 N–H and O–H groups in total. The van der Waals surface area contributed by atoms with Crippen molar-refractivity contribution in [3.8, 4) is 0 Å². The van der Waals surface area contributed by atoms with Crippen molar-refractivity contribution in [2.45, 2.75) is 13.0 Å². The summed E-state index contributed by atoms with van der Waals surface area (Å²) in [7, 11) is 1.46. The first-order valence-electron chi connectivity index (χ1n) is 9.69. The summed E-state index contributed by atoms with van der Waals surface area (Å²) in [5.74, 6) is -0.867. The molecule has 3 rings (SSSR count). The molecule has 2 fully saturated rings. The van der Waals surface area contributed by atoms with Gasteiger partial charge in [-0.1, -0.05) is 0 Å². The molecule has 164 valence electrons. The molecule has 0 spiro atoms. The second-order valence-electron chi connectivity index (χ2n) is 7.06. The number of carbonyl (C=O) groups is 3. The number of benzene rings is 1. The van der Waals surface area contributed by atoms with Crippen molar-refractivity contribution >= 4 is 29.3 Å². The number of nitrogens with zero attached hydrogens (tertiary/aromatic N) is 3.